The molecule has 5 heterocycles. The lowest BCUT2D eigenvalue weighted by Gasteiger charge is -2.47. The predicted molar refractivity (Wildman–Crippen MR) is 134 cm³/mol. The van der Waals surface area contributed by atoms with Crippen molar-refractivity contribution in [1.29, 1.82) is 0 Å². The summed E-state index contributed by atoms with van der Waals surface area (Å²) in [5.74, 6) is -1.70. The monoisotopic (exact) mass is 542 g/mol. The first-order valence-corrected chi connectivity index (χ1v) is 13.3. The van der Waals surface area contributed by atoms with E-state index in [4.69, 9.17) is 5.73 Å². The Morgan fingerprint density at radius 1 is 1.35 bits per heavy atom. The van der Waals surface area contributed by atoms with Crippen molar-refractivity contribution in [1.82, 2.24) is 20.0 Å². The normalized spacial score (nSPS) is 22.4. The van der Waals surface area contributed by atoms with E-state index in [-0.39, 0.29) is 29.4 Å². The van der Waals surface area contributed by atoms with Crippen LogP contribution in [0.15, 0.2) is 47.4 Å². The number of likely N-dealkylation sites (tertiary alicyclic amines) is 1. The van der Waals surface area contributed by atoms with Gasteiger partial charge in [0.15, 0.2) is 12.4 Å². The highest BCUT2D eigenvalue weighted by molar-refractivity contribution is 8.00. The van der Waals surface area contributed by atoms with E-state index in [1.807, 2.05) is 18.3 Å². The number of nitrogens with two attached hydrogens (primary N) is 1. The molecule has 0 saturated carbocycles. The number of anilines is 1. The third-order valence-electron chi connectivity index (χ3n) is 6.19. The molecule has 3 amide bonds. The number of aliphatic carboxylic acids is 1. The Bertz CT molecular complexity index is 1370. The molecular weight excluding hydrogens is 518 g/mol. The van der Waals surface area contributed by atoms with Crippen LogP contribution in [0.2, 0.25) is 0 Å². The lowest BCUT2D eigenvalue weighted by molar-refractivity contribution is -0.684. The molecule has 2 saturated heterocycles. The van der Waals surface area contributed by atoms with Crippen molar-refractivity contribution < 1.29 is 28.9 Å². The van der Waals surface area contributed by atoms with Crippen LogP contribution in [0.3, 0.4) is 0 Å². The Morgan fingerprint density at radius 3 is 2.89 bits per heavy atom. The lowest BCUT2D eigenvalue weighted by atomic mass is 10.0. The maximum absolute atomic E-state index is 13.1. The molecule has 0 aromatic carbocycles. The Kier molecular flexibility index (Phi) is 6.79. The predicted octanol–water partition coefficient (Wildman–Crippen LogP) is 0.0125. The van der Waals surface area contributed by atoms with E-state index < -0.39 is 17.9 Å². The Labute approximate surface area is 219 Å². The molecule has 3 aliphatic heterocycles. The zero-order valence-corrected chi connectivity index (χ0v) is 21.4. The van der Waals surface area contributed by atoms with Gasteiger partial charge in [-0.3, -0.25) is 24.6 Å². The van der Waals surface area contributed by atoms with Gasteiger partial charge in [-0.2, -0.15) is 4.57 Å². The van der Waals surface area contributed by atoms with Crippen molar-refractivity contribution in [3.8, 4) is 0 Å². The van der Waals surface area contributed by atoms with Crippen molar-refractivity contribution in [3.05, 3.63) is 58.0 Å². The summed E-state index contributed by atoms with van der Waals surface area (Å²) in [7, 11) is 0. The van der Waals surface area contributed by atoms with E-state index >= 15 is 0 Å². The number of amides is 3. The van der Waals surface area contributed by atoms with Gasteiger partial charge >= 0.3 is 5.97 Å². The summed E-state index contributed by atoms with van der Waals surface area (Å²) in [6.45, 7) is 2.71. The molecule has 0 unspecified atom stereocenters. The van der Waals surface area contributed by atoms with Gasteiger partial charge in [0.2, 0.25) is 23.5 Å². The number of carbonyl (C=O) groups excluding carboxylic acids is 3. The van der Waals surface area contributed by atoms with Crippen LogP contribution in [0.25, 0.3) is 0 Å². The molecule has 0 aliphatic carbocycles. The Balaban J connectivity index is 1.26. The molecule has 37 heavy (non-hydrogen) atoms. The van der Waals surface area contributed by atoms with Crippen LogP contribution < -0.4 is 15.6 Å². The van der Waals surface area contributed by atoms with Crippen molar-refractivity contribution in [3.63, 3.8) is 0 Å². The maximum Gasteiger partial charge on any atom is 0.352 e. The van der Waals surface area contributed by atoms with Gasteiger partial charge in [-0.1, -0.05) is 11.3 Å². The molecule has 0 spiro atoms. The number of β-lactam (4-membered cyclic amide) rings is 1. The van der Waals surface area contributed by atoms with Gasteiger partial charge in [-0.15, -0.1) is 22.0 Å². The summed E-state index contributed by atoms with van der Waals surface area (Å²) in [4.78, 5) is 52.4. The van der Waals surface area contributed by atoms with E-state index in [0.29, 0.717) is 41.5 Å². The minimum Gasteiger partial charge on any atom is -0.477 e. The second kappa shape index (κ2) is 10.0. The number of aryl methyl sites for hydroxylation is 1. The first kappa shape index (κ1) is 25.0. The number of carboxylic acid groups (broad SMARTS) is 1. The largest absolute Gasteiger partial charge is 0.477 e. The number of allylic oxidation sites excluding steroid dienone is 1. The fourth-order valence-electron chi connectivity index (χ4n) is 4.47. The number of hydrogen-bond acceptors (Lipinski definition) is 9. The number of pyridine rings is 1. The molecule has 2 aromatic heterocycles. The summed E-state index contributed by atoms with van der Waals surface area (Å²) < 4.78 is 1.73. The molecule has 14 heteroatoms. The molecule has 0 bridgehead atoms. The van der Waals surface area contributed by atoms with Gasteiger partial charge in [0.1, 0.15) is 22.1 Å². The summed E-state index contributed by atoms with van der Waals surface area (Å²) in [5.41, 5.74) is 7.49. The zero-order chi connectivity index (χ0) is 26.3. The Hall–Kier alpha value is -3.62. The van der Waals surface area contributed by atoms with Gasteiger partial charge in [0.05, 0.1) is 6.54 Å². The minimum absolute atomic E-state index is 0.0786. The second-order valence-electron chi connectivity index (χ2n) is 8.82. The van der Waals surface area contributed by atoms with Gasteiger partial charge in [-0.05, 0) is 31.1 Å². The summed E-state index contributed by atoms with van der Waals surface area (Å²) in [6, 6.07) is 2.98. The van der Waals surface area contributed by atoms with Crippen LogP contribution in [-0.2, 0) is 32.3 Å². The van der Waals surface area contributed by atoms with Crippen LogP contribution in [0.5, 0.6) is 0 Å². The van der Waals surface area contributed by atoms with Gasteiger partial charge in [0, 0.05) is 29.5 Å². The maximum atomic E-state index is 13.1. The smallest absolute Gasteiger partial charge is 0.352 e. The van der Waals surface area contributed by atoms with E-state index in [1.165, 1.54) is 28.0 Å². The van der Waals surface area contributed by atoms with E-state index in [1.54, 1.807) is 28.7 Å². The summed E-state index contributed by atoms with van der Waals surface area (Å²) >= 11 is 2.69. The number of aromatic nitrogens is 3. The van der Waals surface area contributed by atoms with Crippen molar-refractivity contribution in [2.45, 2.75) is 37.8 Å². The number of nitrogens with zero attached hydrogens (tertiary/aromatic N) is 5. The second-order valence-corrected chi connectivity index (χ2v) is 11.1. The number of hydrogen-bond donors (Lipinski definition) is 3. The van der Waals surface area contributed by atoms with Crippen LogP contribution >= 0.6 is 23.1 Å². The fourth-order valence-corrected chi connectivity index (χ4v) is 6.33. The highest BCUT2D eigenvalue weighted by atomic mass is 32.2. The van der Waals surface area contributed by atoms with Crippen LogP contribution in [0.1, 0.15) is 17.0 Å². The van der Waals surface area contributed by atoms with Crippen LogP contribution in [0.4, 0.5) is 5.13 Å². The van der Waals surface area contributed by atoms with Crippen molar-refractivity contribution >= 4 is 51.9 Å². The number of rotatable bonds is 7. The van der Waals surface area contributed by atoms with E-state index in [9.17, 15) is 24.3 Å². The van der Waals surface area contributed by atoms with Crippen molar-refractivity contribution in [2.24, 2.45) is 5.73 Å². The average molecular weight is 543 g/mol. The number of carbonyl (C=O) groups is 4. The Morgan fingerprint density at radius 2 is 2.16 bits per heavy atom. The highest BCUT2D eigenvalue weighted by Gasteiger charge is 2.51. The summed E-state index contributed by atoms with van der Waals surface area (Å²) in [6.07, 6.45) is 5.65. The number of nitrogens with one attached hydrogen (secondary N) is 1. The van der Waals surface area contributed by atoms with Gasteiger partial charge in [0.25, 0.3) is 5.91 Å². The van der Waals surface area contributed by atoms with E-state index in [0.717, 1.165) is 10.6 Å². The zero-order valence-electron chi connectivity index (χ0n) is 19.8. The number of fused-ring (bicyclic) bond motifs is 1. The van der Waals surface area contributed by atoms with Crippen LogP contribution in [0, 0.1) is 6.92 Å². The van der Waals surface area contributed by atoms with E-state index in [2.05, 4.69) is 15.5 Å². The SMILES string of the molecule is Cc1nnc(NC(=O)C[n+]2cccc(CN3CC/C(=C\C4=C(C(=O)O)N5C(=O)[C@@H](N)[C@H]5SC4)C3=O)c2)s1. The van der Waals surface area contributed by atoms with Gasteiger partial charge in [-0.25, -0.2) is 4.79 Å². The highest BCUT2D eigenvalue weighted by Crippen LogP contribution is 2.40. The third kappa shape index (κ3) is 4.99. The topological polar surface area (TPSA) is 163 Å². The molecule has 4 N–H and O–H groups in total. The molecule has 2 fully saturated rings. The molecular formula is C23H24N7O5S2+. The number of thioether (sulfide) groups is 1. The average Bonchev–Trinajstić information content (AvgIpc) is 3.43. The first-order valence-electron chi connectivity index (χ1n) is 11.5. The molecule has 2 atom stereocenters. The summed E-state index contributed by atoms with van der Waals surface area (Å²) in [5, 5.41) is 21.0. The lowest BCUT2D eigenvalue weighted by Crippen LogP contribution is -2.68. The van der Waals surface area contributed by atoms with Gasteiger partial charge < -0.3 is 15.7 Å². The third-order valence-corrected chi connectivity index (χ3v) is 8.27. The molecule has 0 radical (unpaired) electrons. The van der Waals surface area contributed by atoms with Crippen LogP contribution in [-0.4, -0.2) is 72.5 Å². The molecule has 2 aromatic rings. The first-order chi connectivity index (χ1) is 17.7. The molecule has 12 nitrogen and oxygen atoms in total. The fraction of sp³-hybridized carbons (Fsp3) is 0.348. The quantitative estimate of drug-likeness (QED) is 0.249. The number of carboxylic acids is 1. The molecule has 3 aliphatic rings. The molecule has 192 valence electrons. The minimum atomic E-state index is -1.21. The standard InChI is InChI=1S/C23H23N7O5S2/c1-12-26-27-23(37-12)25-16(31)10-28-5-2-3-13(8-28)9-29-6-4-14(19(29)32)7-15-11-36-21-17(24)20(33)30(21)18(15)22(34)35/h2-3,5,7-8,17,21H,4,6,9-11,24H2,1H3,(H-,25,27,31,34,35)/p+1/b14-7+/t17-,21-/m1/s1. The molecule has 5 rings (SSSR count). The van der Waals surface area contributed by atoms with Crippen molar-refractivity contribution in [2.75, 3.05) is 17.6 Å².